The molecular weight excluding hydrogens is 356 g/mol. The van der Waals surface area contributed by atoms with Crippen molar-refractivity contribution in [2.45, 2.75) is 102 Å². The zero-order valence-electron chi connectivity index (χ0n) is 17.8. The van der Waals surface area contributed by atoms with E-state index < -0.39 is 5.54 Å². The molecule has 0 aromatic carbocycles. The van der Waals surface area contributed by atoms with Gasteiger partial charge in [0.15, 0.2) is 0 Å². The first-order valence-electron chi connectivity index (χ1n) is 11.5. The summed E-state index contributed by atoms with van der Waals surface area (Å²) in [7, 11) is 0. The highest BCUT2D eigenvalue weighted by Crippen LogP contribution is 2.39. The second-order valence-electron chi connectivity index (χ2n) is 8.73. The van der Waals surface area contributed by atoms with Gasteiger partial charge in [0.2, 0.25) is 0 Å². The van der Waals surface area contributed by atoms with Crippen LogP contribution >= 0.6 is 0 Å². The van der Waals surface area contributed by atoms with E-state index in [1.54, 1.807) is 0 Å². The standard InChI is InChI=1S/C22H38N2O4/c1-3-5-7-8-9-11-13-22(12-10-6-4-2)20(25)23(14-18-16-27-18)21(26)24(22)15-19-17-28-19/h18-19H,3-17H2,1-2H3. The first kappa shape index (κ1) is 21.6. The predicted molar refractivity (Wildman–Crippen MR) is 108 cm³/mol. The van der Waals surface area contributed by atoms with Crippen LogP contribution in [0.5, 0.6) is 0 Å². The normalized spacial score (nSPS) is 29.1. The molecule has 6 nitrogen and oxygen atoms in total. The SMILES string of the molecule is CCCCCCCCC1(CCCCC)C(=O)N(CC2CO2)C(=O)N1CC1CO1. The Kier molecular flexibility index (Phi) is 7.75. The monoisotopic (exact) mass is 394 g/mol. The Morgan fingerprint density at radius 1 is 0.821 bits per heavy atom. The van der Waals surface area contributed by atoms with Gasteiger partial charge in [0.1, 0.15) is 5.54 Å². The minimum Gasteiger partial charge on any atom is -0.371 e. The molecule has 3 saturated heterocycles. The van der Waals surface area contributed by atoms with Crippen molar-refractivity contribution in [2.24, 2.45) is 0 Å². The van der Waals surface area contributed by atoms with Crippen molar-refractivity contribution in [3.63, 3.8) is 0 Å². The summed E-state index contributed by atoms with van der Waals surface area (Å²) in [6.07, 6.45) is 12.0. The second kappa shape index (κ2) is 10.1. The molecule has 0 spiro atoms. The third-order valence-corrected chi connectivity index (χ3v) is 6.34. The average Bonchev–Trinajstić information content (AvgIpc) is 3.60. The van der Waals surface area contributed by atoms with E-state index >= 15 is 0 Å². The number of imide groups is 1. The fourth-order valence-electron chi connectivity index (χ4n) is 4.42. The van der Waals surface area contributed by atoms with E-state index in [1.807, 2.05) is 4.90 Å². The molecule has 0 bridgehead atoms. The Morgan fingerprint density at radius 2 is 1.32 bits per heavy atom. The maximum absolute atomic E-state index is 13.5. The highest BCUT2D eigenvalue weighted by Gasteiger charge is 2.57. The summed E-state index contributed by atoms with van der Waals surface area (Å²) < 4.78 is 10.7. The van der Waals surface area contributed by atoms with Crippen LogP contribution in [0.1, 0.15) is 84.5 Å². The molecule has 3 amide bonds. The molecule has 0 saturated carbocycles. The van der Waals surface area contributed by atoms with Crippen LogP contribution in [0.2, 0.25) is 0 Å². The topological polar surface area (TPSA) is 65.7 Å². The Balaban J connectivity index is 1.71. The number of epoxide rings is 2. The van der Waals surface area contributed by atoms with E-state index in [4.69, 9.17) is 9.47 Å². The Labute approximate surface area is 169 Å². The van der Waals surface area contributed by atoms with Gasteiger partial charge in [0, 0.05) is 0 Å². The number of hydrogen-bond acceptors (Lipinski definition) is 4. The van der Waals surface area contributed by atoms with E-state index in [0.29, 0.717) is 26.3 Å². The molecule has 3 unspecified atom stereocenters. The summed E-state index contributed by atoms with van der Waals surface area (Å²) in [6.45, 7) is 6.71. The van der Waals surface area contributed by atoms with Gasteiger partial charge in [0.25, 0.3) is 5.91 Å². The molecule has 0 aromatic heterocycles. The van der Waals surface area contributed by atoms with Crippen molar-refractivity contribution in [1.29, 1.82) is 0 Å². The number of rotatable bonds is 15. The number of unbranched alkanes of at least 4 members (excludes halogenated alkanes) is 7. The Bertz CT molecular complexity index is 533. The van der Waals surface area contributed by atoms with Crippen molar-refractivity contribution < 1.29 is 19.1 Å². The number of nitrogens with zero attached hydrogens (tertiary/aromatic N) is 2. The molecule has 0 aromatic rings. The molecule has 0 N–H and O–H groups in total. The fraction of sp³-hybridized carbons (Fsp3) is 0.909. The lowest BCUT2D eigenvalue weighted by Crippen LogP contribution is -2.51. The van der Waals surface area contributed by atoms with Gasteiger partial charge < -0.3 is 14.4 Å². The van der Waals surface area contributed by atoms with Crippen molar-refractivity contribution >= 4 is 11.9 Å². The highest BCUT2D eigenvalue weighted by atomic mass is 16.6. The van der Waals surface area contributed by atoms with E-state index in [2.05, 4.69) is 13.8 Å². The zero-order valence-corrected chi connectivity index (χ0v) is 17.8. The molecule has 0 aliphatic carbocycles. The molecule has 3 atom stereocenters. The van der Waals surface area contributed by atoms with E-state index in [-0.39, 0.29) is 24.1 Å². The van der Waals surface area contributed by atoms with Gasteiger partial charge in [0.05, 0.1) is 38.5 Å². The number of urea groups is 1. The maximum atomic E-state index is 13.5. The first-order valence-corrected chi connectivity index (χ1v) is 11.5. The third-order valence-electron chi connectivity index (χ3n) is 6.34. The lowest BCUT2D eigenvalue weighted by atomic mass is 9.84. The summed E-state index contributed by atoms with van der Waals surface area (Å²) in [5.41, 5.74) is -0.669. The molecular formula is C22H38N2O4. The quantitative estimate of drug-likeness (QED) is 0.238. The number of ether oxygens (including phenoxy) is 2. The fourth-order valence-corrected chi connectivity index (χ4v) is 4.42. The van der Waals surface area contributed by atoms with Gasteiger partial charge in [-0.15, -0.1) is 0 Å². The van der Waals surface area contributed by atoms with Crippen LogP contribution in [-0.4, -0.2) is 65.8 Å². The van der Waals surface area contributed by atoms with Crippen LogP contribution in [-0.2, 0) is 14.3 Å². The summed E-state index contributed by atoms with van der Waals surface area (Å²) in [6, 6.07) is -0.126. The number of carbonyl (C=O) groups is 2. The van der Waals surface area contributed by atoms with Crippen LogP contribution in [0.15, 0.2) is 0 Å². The van der Waals surface area contributed by atoms with E-state index in [1.165, 1.54) is 30.6 Å². The number of carbonyl (C=O) groups excluding carboxylic acids is 2. The molecule has 3 aliphatic rings. The molecule has 3 aliphatic heterocycles. The molecule has 3 fully saturated rings. The number of amides is 3. The van der Waals surface area contributed by atoms with Gasteiger partial charge in [-0.3, -0.25) is 9.69 Å². The zero-order chi connectivity index (χ0) is 20.0. The Morgan fingerprint density at radius 3 is 1.93 bits per heavy atom. The van der Waals surface area contributed by atoms with Gasteiger partial charge in [-0.1, -0.05) is 71.6 Å². The van der Waals surface area contributed by atoms with Crippen LogP contribution in [0.4, 0.5) is 4.79 Å². The minimum absolute atomic E-state index is 0.0123. The van der Waals surface area contributed by atoms with E-state index in [0.717, 1.165) is 44.9 Å². The molecule has 6 heteroatoms. The molecule has 160 valence electrons. The number of hydrogen-bond donors (Lipinski definition) is 0. The van der Waals surface area contributed by atoms with E-state index in [9.17, 15) is 9.59 Å². The van der Waals surface area contributed by atoms with Gasteiger partial charge in [-0.2, -0.15) is 0 Å². The lowest BCUT2D eigenvalue weighted by molar-refractivity contribution is -0.134. The van der Waals surface area contributed by atoms with Crippen LogP contribution in [0, 0.1) is 0 Å². The maximum Gasteiger partial charge on any atom is 0.327 e. The Hall–Kier alpha value is -1.14. The smallest absolute Gasteiger partial charge is 0.327 e. The van der Waals surface area contributed by atoms with Gasteiger partial charge >= 0.3 is 6.03 Å². The molecule has 3 heterocycles. The largest absolute Gasteiger partial charge is 0.371 e. The van der Waals surface area contributed by atoms with Crippen molar-refractivity contribution in [3.8, 4) is 0 Å². The van der Waals surface area contributed by atoms with Crippen LogP contribution in [0.3, 0.4) is 0 Å². The highest BCUT2D eigenvalue weighted by molar-refractivity contribution is 6.07. The van der Waals surface area contributed by atoms with Gasteiger partial charge in [-0.05, 0) is 12.8 Å². The molecule has 3 rings (SSSR count). The summed E-state index contributed by atoms with van der Waals surface area (Å²) in [5, 5.41) is 0. The summed E-state index contributed by atoms with van der Waals surface area (Å²) in [5.74, 6) is 0.0123. The third kappa shape index (κ3) is 5.26. The molecule has 0 radical (unpaired) electrons. The molecule has 28 heavy (non-hydrogen) atoms. The van der Waals surface area contributed by atoms with Crippen LogP contribution < -0.4 is 0 Å². The first-order chi connectivity index (χ1) is 13.6. The summed E-state index contributed by atoms with van der Waals surface area (Å²) >= 11 is 0. The summed E-state index contributed by atoms with van der Waals surface area (Å²) in [4.78, 5) is 30.1. The van der Waals surface area contributed by atoms with Crippen LogP contribution in [0.25, 0.3) is 0 Å². The second-order valence-corrected chi connectivity index (χ2v) is 8.73. The predicted octanol–water partition coefficient (Wildman–Crippen LogP) is 4.12. The average molecular weight is 395 g/mol. The lowest BCUT2D eigenvalue weighted by Gasteiger charge is -2.35. The van der Waals surface area contributed by atoms with Crippen molar-refractivity contribution in [2.75, 3.05) is 26.3 Å². The minimum atomic E-state index is -0.669. The van der Waals surface area contributed by atoms with Crippen molar-refractivity contribution in [3.05, 3.63) is 0 Å². The van der Waals surface area contributed by atoms with Gasteiger partial charge in [-0.25, -0.2) is 4.79 Å². The van der Waals surface area contributed by atoms with Crippen molar-refractivity contribution in [1.82, 2.24) is 9.80 Å².